The predicted molar refractivity (Wildman–Crippen MR) is 152 cm³/mol. The molecule has 5 rings (SSSR count). The van der Waals surface area contributed by atoms with Crippen LogP contribution in [0.3, 0.4) is 0 Å². The lowest BCUT2D eigenvalue weighted by Crippen LogP contribution is -2.55. The molecule has 8 nitrogen and oxygen atoms in total. The number of benzene rings is 2. The average Bonchev–Trinajstić information content (AvgIpc) is 3.41. The van der Waals surface area contributed by atoms with Crippen LogP contribution in [0.15, 0.2) is 36.4 Å². The van der Waals surface area contributed by atoms with E-state index in [-0.39, 0.29) is 48.1 Å². The van der Waals surface area contributed by atoms with Crippen LogP contribution >= 0.6 is 35.3 Å². The van der Waals surface area contributed by atoms with Gasteiger partial charge in [0.25, 0.3) is 11.8 Å². The molecular weight excluding hydrogens is 545 g/mol. The summed E-state index contributed by atoms with van der Waals surface area (Å²) >= 11 is 7.50. The molecule has 1 fully saturated rings. The zero-order valence-corrected chi connectivity index (χ0v) is 23.9. The Morgan fingerprint density at radius 2 is 1.71 bits per heavy atom. The number of fused-ring (bicyclic) bond motifs is 2. The monoisotopic (exact) mass is 575 g/mol. The second-order valence-corrected chi connectivity index (χ2v) is 11.7. The number of aromatic nitrogens is 1. The fourth-order valence-corrected chi connectivity index (χ4v) is 6.45. The molecule has 1 aliphatic heterocycles. The van der Waals surface area contributed by atoms with Crippen molar-refractivity contribution in [3.63, 3.8) is 0 Å². The molecule has 11 heteroatoms. The zero-order valence-electron chi connectivity index (χ0n) is 21.5. The molecule has 1 aliphatic carbocycles. The van der Waals surface area contributed by atoms with E-state index in [4.69, 9.17) is 11.6 Å². The van der Waals surface area contributed by atoms with E-state index >= 15 is 0 Å². The van der Waals surface area contributed by atoms with Crippen molar-refractivity contribution < 1.29 is 14.4 Å². The topological polar surface area (TPSA) is 94.6 Å². The number of carbonyl (C=O) groups is 3. The lowest BCUT2D eigenvalue weighted by atomic mass is 9.81. The summed E-state index contributed by atoms with van der Waals surface area (Å²) in [6.07, 6.45) is 1.68. The maximum absolute atomic E-state index is 13.2. The number of carbonyl (C=O) groups excluding carboxylic acids is 3. The van der Waals surface area contributed by atoms with Gasteiger partial charge in [0.15, 0.2) is 5.01 Å². The molecule has 3 atom stereocenters. The number of nitrogens with one attached hydrogen (secondary N) is 2. The number of amides is 3. The first-order chi connectivity index (χ1) is 17.7. The Morgan fingerprint density at radius 3 is 2.45 bits per heavy atom. The van der Waals surface area contributed by atoms with Gasteiger partial charge in [0.2, 0.25) is 5.91 Å². The lowest BCUT2D eigenvalue weighted by molar-refractivity contribution is -0.134. The van der Waals surface area contributed by atoms with Gasteiger partial charge in [-0.05, 0) is 61.3 Å². The largest absolute Gasteiger partial charge is 0.349 e. The highest BCUT2D eigenvalue weighted by molar-refractivity contribution is 7.13. The number of hydrogen-bond donors (Lipinski definition) is 2. The third-order valence-corrected chi connectivity index (χ3v) is 8.46. The quantitative estimate of drug-likeness (QED) is 0.477. The second kappa shape index (κ2) is 11.6. The maximum atomic E-state index is 13.2. The van der Waals surface area contributed by atoms with Gasteiger partial charge in [-0.3, -0.25) is 19.3 Å². The van der Waals surface area contributed by atoms with Gasteiger partial charge in [-0.25, -0.2) is 4.98 Å². The van der Waals surface area contributed by atoms with Crippen LogP contribution < -0.4 is 10.6 Å². The molecule has 2 heterocycles. The molecule has 2 aliphatic rings. The molecule has 0 spiro atoms. The van der Waals surface area contributed by atoms with Crippen molar-refractivity contribution in [2.24, 2.45) is 5.92 Å². The molecule has 0 bridgehead atoms. The van der Waals surface area contributed by atoms with Crippen molar-refractivity contribution in [2.45, 2.75) is 44.4 Å². The van der Waals surface area contributed by atoms with Gasteiger partial charge in [-0.15, -0.1) is 23.7 Å². The van der Waals surface area contributed by atoms with Crippen molar-refractivity contribution >= 4 is 63.8 Å². The van der Waals surface area contributed by atoms with Gasteiger partial charge < -0.3 is 15.5 Å². The molecule has 2 N–H and O–H groups in total. The van der Waals surface area contributed by atoms with Gasteiger partial charge >= 0.3 is 0 Å². The molecule has 1 saturated carbocycles. The highest BCUT2D eigenvalue weighted by Gasteiger charge is 2.37. The number of rotatable bonds is 5. The van der Waals surface area contributed by atoms with Crippen molar-refractivity contribution in [1.82, 2.24) is 25.4 Å². The molecule has 202 valence electrons. The van der Waals surface area contributed by atoms with Crippen molar-refractivity contribution in [3.05, 3.63) is 62.6 Å². The number of halogens is 2. The van der Waals surface area contributed by atoms with Gasteiger partial charge in [-0.2, -0.15) is 0 Å². The van der Waals surface area contributed by atoms with E-state index in [1.807, 2.05) is 31.3 Å². The first-order valence-electron chi connectivity index (χ1n) is 12.4. The molecule has 2 aromatic carbocycles. The first kappa shape index (κ1) is 28.3. The Morgan fingerprint density at radius 1 is 1.00 bits per heavy atom. The van der Waals surface area contributed by atoms with E-state index in [1.54, 1.807) is 31.1 Å². The van der Waals surface area contributed by atoms with Crippen LogP contribution in [0.4, 0.5) is 0 Å². The number of thiazole rings is 1. The highest BCUT2D eigenvalue weighted by atomic mass is 35.5. The average molecular weight is 577 g/mol. The SMILES string of the molecule is CN1Cc2nc(C(=O)N[C@@H]3C[C@@H](C(=O)N(C)C)CC[C@@H]3NC(=O)c3ccc4cc(Cl)ccc4c3)sc2C1.Cl. The van der Waals surface area contributed by atoms with Crippen molar-refractivity contribution in [2.75, 3.05) is 21.1 Å². The van der Waals surface area contributed by atoms with Gasteiger partial charge in [0.05, 0.1) is 11.7 Å². The Hall–Kier alpha value is -2.72. The summed E-state index contributed by atoms with van der Waals surface area (Å²) in [7, 11) is 5.51. The summed E-state index contributed by atoms with van der Waals surface area (Å²) in [6, 6.07) is 10.3. The third kappa shape index (κ3) is 5.96. The zero-order chi connectivity index (χ0) is 26.3. The third-order valence-electron chi connectivity index (χ3n) is 7.14. The first-order valence-corrected chi connectivity index (χ1v) is 13.6. The smallest absolute Gasteiger partial charge is 0.280 e. The van der Waals surface area contributed by atoms with Crippen LogP contribution in [0.1, 0.15) is 50.0 Å². The molecule has 1 aromatic heterocycles. The van der Waals surface area contributed by atoms with E-state index in [0.29, 0.717) is 34.9 Å². The van der Waals surface area contributed by atoms with Crippen molar-refractivity contribution in [1.29, 1.82) is 0 Å². The maximum Gasteiger partial charge on any atom is 0.280 e. The van der Waals surface area contributed by atoms with Crippen LogP contribution in [-0.4, -0.2) is 65.7 Å². The Labute approximate surface area is 237 Å². The van der Waals surface area contributed by atoms with E-state index in [9.17, 15) is 14.4 Å². The summed E-state index contributed by atoms with van der Waals surface area (Å²) in [4.78, 5) is 48.6. The van der Waals surface area contributed by atoms with Crippen LogP contribution in [0.25, 0.3) is 10.8 Å². The van der Waals surface area contributed by atoms with Crippen LogP contribution in [0.2, 0.25) is 5.02 Å². The summed E-state index contributed by atoms with van der Waals surface area (Å²) in [5, 5.41) is 9.17. The molecule has 3 aromatic rings. The fraction of sp³-hybridized carbons (Fsp3) is 0.407. The van der Waals surface area contributed by atoms with Crippen LogP contribution in [0, 0.1) is 5.92 Å². The molecule has 3 amide bonds. The minimum absolute atomic E-state index is 0. The lowest BCUT2D eigenvalue weighted by Gasteiger charge is -2.37. The predicted octanol–water partition coefficient (Wildman–Crippen LogP) is 4.10. The summed E-state index contributed by atoms with van der Waals surface area (Å²) in [6.45, 7) is 1.53. The fourth-order valence-electron chi connectivity index (χ4n) is 5.22. The number of nitrogens with zero attached hydrogens (tertiary/aromatic N) is 3. The summed E-state index contributed by atoms with van der Waals surface area (Å²) in [5.74, 6) is -0.649. The van der Waals surface area contributed by atoms with Gasteiger partial charge in [0.1, 0.15) is 0 Å². The number of hydrogen-bond acceptors (Lipinski definition) is 6. The Balaban J connectivity index is 0.00000336. The van der Waals surface area contributed by atoms with E-state index in [1.165, 1.54) is 11.3 Å². The van der Waals surface area contributed by atoms with E-state index in [0.717, 1.165) is 34.4 Å². The standard InChI is InChI=1S/C27H30ClN5O3S.ClH/c1-32(2)27(36)18-7-9-20(29-24(34)17-5-4-16-11-19(28)8-6-15(16)10-17)21(12-18)30-25(35)26-31-22-13-33(3)14-23(22)37-26;/h4-6,8,10-11,18,20-21H,7,9,12-14H2,1-3H3,(H,29,34)(H,30,35);1H/t18-,20-,21+;/m0./s1. The molecule has 0 saturated heterocycles. The molecular formula is C27H31Cl2N5O3S. The normalized spacial score (nSPS) is 20.9. The van der Waals surface area contributed by atoms with Crippen LogP contribution in [-0.2, 0) is 17.9 Å². The minimum Gasteiger partial charge on any atom is -0.349 e. The second-order valence-electron chi connectivity index (χ2n) is 10.2. The summed E-state index contributed by atoms with van der Waals surface area (Å²) in [5.41, 5.74) is 1.48. The van der Waals surface area contributed by atoms with E-state index in [2.05, 4.69) is 20.5 Å². The minimum atomic E-state index is -0.389. The summed E-state index contributed by atoms with van der Waals surface area (Å²) < 4.78 is 0. The molecule has 0 unspecified atom stereocenters. The van der Waals surface area contributed by atoms with Gasteiger partial charge in [-0.1, -0.05) is 23.7 Å². The van der Waals surface area contributed by atoms with E-state index < -0.39 is 0 Å². The van der Waals surface area contributed by atoms with Crippen molar-refractivity contribution in [3.8, 4) is 0 Å². The van der Waals surface area contributed by atoms with Gasteiger partial charge in [0, 0.05) is 54.6 Å². The Kier molecular flexibility index (Phi) is 8.62. The molecule has 38 heavy (non-hydrogen) atoms. The highest BCUT2D eigenvalue weighted by Crippen LogP contribution is 2.30. The molecule has 0 radical (unpaired) electrons. The van der Waals surface area contributed by atoms with Crippen LogP contribution in [0.5, 0.6) is 0 Å². The Bertz CT molecular complexity index is 1350.